The van der Waals surface area contributed by atoms with Crippen LogP contribution in [-0.4, -0.2) is 23.0 Å². The summed E-state index contributed by atoms with van der Waals surface area (Å²) in [6, 6.07) is 11.3. The summed E-state index contributed by atoms with van der Waals surface area (Å²) in [4.78, 5) is 16.7. The van der Waals surface area contributed by atoms with Crippen LogP contribution in [0.15, 0.2) is 46.3 Å². The lowest BCUT2D eigenvalue weighted by atomic mass is 9.90. The van der Waals surface area contributed by atoms with E-state index >= 15 is 0 Å². The maximum absolute atomic E-state index is 12.2. The molecule has 0 amide bonds. The number of allylic oxidation sites excluding steroid dienone is 1. The molecule has 0 aliphatic heterocycles. The SMILES string of the molecule is CCc1cccc(C(=NC)/C(=C\N)c2cc(Cl)c3c(=O)[nH]nc(CN)c3c2)c1C#N. The largest absolute Gasteiger partial charge is 0.404 e. The van der Waals surface area contributed by atoms with Gasteiger partial charge in [0, 0.05) is 36.3 Å². The zero-order valence-electron chi connectivity index (χ0n) is 16.7. The van der Waals surface area contributed by atoms with Gasteiger partial charge in [0.25, 0.3) is 5.56 Å². The third-order valence-corrected chi connectivity index (χ3v) is 5.27. The molecule has 0 fully saturated rings. The Morgan fingerprint density at radius 1 is 1.40 bits per heavy atom. The Labute approximate surface area is 178 Å². The maximum Gasteiger partial charge on any atom is 0.273 e. The molecule has 1 heterocycles. The highest BCUT2D eigenvalue weighted by atomic mass is 35.5. The fourth-order valence-electron chi connectivity index (χ4n) is 3.53. The molecule has 0 radical (unpaired) electrons. The number of halogens is 1. The molecular weight excluding hydrogens is 400 g/mol. The van der Waals surface area contributed by atoms with Gasteiger partial charge in [0.2, 0.25) is 0 Å². The second kappa shape index (κ2) is 8.91. The fourth-order valence-corrected chi connectivity index (χ4v) is 3.84. The first-order valence-electron chi connectivity index (χ1n) is 9.33. The second-order valence-corrected chi connectivity index (χ2v) is 6.95. The quantitative estimate of drug-likeness (QED) is 0.545. The van der Waals surface area contributed by atoms with Gasteiger partial charge in [-0.15, -0.1) is 0 Å². The van der Waals surface area contributed by atoms with Crippen LogP contribution in [0.25, 0.3) is 16.3 Å². The summed E-state index contributed by atoms with van der Waals surface area (Å²) < 4.78 is 0. The van der Waals surface area contributed by atoms with Crippen LogP contribution in [0, 0.1) is 11.3 Å². The Hall–Kier alpha value is -3.47. The summed E-state index contributed by atoms with van der Waals surface area (Å²) in [5, 5.41) is 17.3. The normalized spacial score (nSPS) is 12.2. The summed E-state index contributed by atoms with van der Waals surface area (Å²) in [5.41, 5.74) is 15.8. The van der Waals surface area contributed by atoms with Crippen molar-refractivity contribution in [1.29, 1.82) is 5.26 Å². The standard InChI is InChI=1S/C22H21ClN6O/c1-3-12-5-4-6-14(16(12)9-24)21(27-2)17(10-25)13-7-15-19(11-26)28-29-22(30)20(15)18(23)8-13/h4-8,10H,3,11,25-26H2,1-2H3,(H,29,30)/b17-10-,27-21?. The van der Waals surface area contributed by atoms with E-state index in [-0.39, 0.29) is 11.6 Å². The molecule has 8 heteroatoms. The maximum atomic E-state index is 12.2. The second-order valence-electron chi connectivity index (χ2n) is 6.54. The first-order chi connectivity index (χ1) is 14.5. The van der Waals surface area contributed by atoms with Gasteiger partial charge in [-0.05, 0) is 29.7 Å². The molecule has 5 N–H and O–H groups in total. The summed E-state index contributed by atoms with van der Waals surface area (Å²) in [7, 11) is 1.64. The number of fused-ring (bicyclic) bond motifs is 1. The number of rotatable bonds is 5. The highest BCUT2D eigenvalue weighted by molar-refractivity contribution is 6.37. The molecule has 0 aliphatic carbocycles. The fraction of sp³-hybridized carbons (Fsp3) is 0.182. The van der Waals surface area contributed by atoms with Gasteiger partial charge in [-0.25, -0.2) is 5.10 Å². The van der Waals surface area contributed by atoms with Crippen LogP contribution in [0.3, 0.4) is 0 Å². The lowest BCUT2D eigenvalue weighted by Gasteiger charge is -2.15. The first-order valence-corrected chi connectivity index (χ1v) is 9.71. The van der Waals surface area contributed by atoms with Crippen LogP contribution >= 0.6 is 11.6 Å². The van der Waals surface area contributed by atoms with Crippen molar-refractivity contribution in [3.05, 3.63) is 79.9 Å². The molecule has 3 aromatic rings. The number of nitriles is 1. The molecule has 0 bridgehead atoms. The Morgan fingerprint density at radius 3 is 2.77 bits per heavy atom. The Balaban J connectivity index is 2.28. The summed E-state index contributed by atoms with van der Waals surface area (Å²) in [6.07, 6.45) is 2.13. The molecule has 0 atom stereocenters. The molecule has 0 unspecified atom stereocenters. The van der Waals surface area contributed by atoms with Gasteiger partial charge in [0.1, 0.15) is 6.07 Å². The van der Waals surface area contributed by atoms with E-state index in [1.165, 1.54) is 6.20 Å². The molecular formula is C22H21ClN6O. The number of H-pyrrole nitrogens is 1. The third-order valence-electron chi connectivity index (χ3n) is 4.97. The molecule has 7 nitrogen and oxygen atoms in total. The Kier molecular flexibility index (Phi) is 6.31. The van der Waals surface area contributed by atoms with E-state index in [0.717, 1.165) is 5.56 Å². The number of aromatic nitrogens is 2. The van der Waals surface area contributed by atoms with Crippen LogP contribution in [-0.2, 0) is 13.0 Å². The number of nitrogens with zero attached hydrogens (tertiary/aromatic N) is 3. The molecule has 3 rings (SSSR count). The van der Waals surface area contributed by atoms with Crippen molar-refractivity contribution in [3.8, 4) is 6.07 Å². The Bertz CT molecular complexity index is 1280. The van der Waals surface area contributed by atoms with Crippen LogP contribution in [0.1, 0.15) is 34.9 Å². The van der Waals surface area contributed by atoms with Crippen LogP contribution in [0.5, 0.6) is 0 Å². The van der Waals surface area contributed by atoms with E-state index in [1.54, 1.807) is 19.2 Å². The zero-order valence-corrected chi connectivity index (χ0v) is 17.4. The molecule has 1 aromatic heterocycles. The van der Waals surface area contributed by atoms with Crippen molar-refractivity contribution in [2.45, 2.75) is 19.9 Å². The molecule has 2 aromatic carbocycles. The summed E-state index contributed by atoms with van der Waals surface area (Å²) in [6.45, 7) is 2.12. The predicted molar refractivity (Wildman–Crippen MR) is 120 cm³/mol. The van der Waals surface area contributed by atoms with Gasteiger partial charge in [-0.2, -0.15) is 10.4 Å². The van der Waals surface area contributed by atoms with Crippen molar-refractivity contribution in [1.82, 2.24) is 10.2 Å². The first kappa shape index (κ1) is 21.2. The van der Waals surface area contributed by atoms with Crippen LogP contribution in [0.2, 0.25) is 5.02 Å². The molecule has 152 valence electrons. The van der Waals surface area contributed by atoms with Gasteiger partial charge < -0.3 is 11.5 Å². The molecule has 0 saturated heterocycles. The van der Waals surface area contributed by atoms with Crippen molar-refractivity contribution < 1.29 is 0 Å². The molecule has 0 saturated carbocycles. The lowest BCUT2D eigenvalue weighted by molar-refractivity contribution is 0.900. The van der Waals surface area contributed by atoms with Gasteiger partial charge in [0.15, 0.2) is 0 Å². The van der Waals surface area contributed by atoms with Crippen LogP contribution < -0.4 is 17.0 Å². The number of hydrogen-bond donors (Lipinski definition) is 3. The smallest absolute Gasteiger partial charge is 0.273 e. The summed E-state index contributed by atoms with van der Waals surface area (Å²) >= 11 is 6.45. The monoisotopic (exact) mass is 420 g/mol. The van der Waals surface area contributed by atoms with Gasteiger partial charge >= 0.3 is 0 Å². The number of benzene rings is 2. The van der Waals surface area contributed by atoms with Crippen molar-refractivity contribution in [2.24, 2.45) is 16.5 Å². The topological polar surface area (TPSA) is 134 Å². The van der Waals surface area contributed by atoms with E-state index in [2.05, 4.69) is 21.3 Å². The van der Waals surface area contributed by atoms with Gasteiger partial charge in [0.05, 0.1) is 27.4 Å². The molecule has 30 heavy (non-hydrogen) atoms. The number of nitrogens with two attached hydrogens (primary N) is 2. The number of aromatic amines is 1. The number of aryl methyl sites for hydroxylation is 1. The zero-order chi connectivity index (χ0) is 21.8. The van der Waals surface area contributed by atoms with Gasteiger partial charge in [-0.1, -0.05) is 36.7 Å². The number of nitrogens with one attached hydrogen (secondary N) is 1. The predicted octanol–water partition coefficient (Wildman–Crippen LogP) is 2.89. The highest BCUT2D eigenvalue weighted by Crippen LogP contribution is 2.30. The Morgan fingerprint density at radius 2 is 2.17 bits per heavy atom. The van der Waals surface area contributed by atoms with E-state index in [4.69, 9.17) is 23.1 Å². The summed E-state index contributed by atoms with van der Waals surface area (Å²) in [5.74, 6) is 0. The molecule has 0 aliphatic rings. The average Bonchev–Trinajstić information content (AvgIpc) is 2.76. The minimum atomic E-state index is -0.399. The number of aliphatic imine (C=N–C) groups is 1. The minimum Gasteiger partial charge on any atom is -0.404 e. The van der Waals surface area contributed by atoms with E-state index in [0.29, 0.717) is 50.9 Å². The van der Waals surface area contributed by atoms with Crippen LogP contribution in [0.4, 0.5) is 0 Å². The minimum absolute atomic E-state index is 0.126. The average molecular weight is 421 g/mol. The lowest BCUT2D eigenvalue weighted by Crippen LogP contribution is -2.15. The van der Waals surface area contributed by atoms with E-state index < -0.39 is 5.56 Å². The van der Waals surface area contributed by atoms with Crippen molar-refractivity contribution in [2.75, 3.05) is 7.05 Å². The van der Waals surface area contributed by atoms with E-state index in [1.807, 2.05) is 25.1 Å². The van der Waals surface area contributed by atoms with E-state index in [9.17, 15) is 10.1 Å². The number of hydrogen-bond acceptors (Lipinski definition) is 6. The highest BCUT2D eigenvalue weighted by Gasteiger charge is 2.19. The van der Waals surface area contributed by atoms with Crippen molar-refractivity contribution in [3.63, 3.8) is 0 Å². The van der Waals surface area contributed by atoms with Crippen molar-refractivity contribution >= 4 is 33.7 Å². The van der Waals surface area contributed by atoms with Gasteiger partial charge in [-0.3, -0.25) is 9.79 Å². The molecule has 0 spiro atoms. The third kappa shape index (κ3) is 3.59.